The fourth-order valence-electron chi connectivity index (χ4n) is 2.34. The Morgan fingerprint density at radius 3 is 2.75 bits per heavy atom. The topological polar surface area (TPSA) is 17.1 Å². The number of benzene rings is 1. The Hall–Kier alpha value is -0.670. The highest BCUT2D eigenvalue weighted by Crippen LogP contribution is 2.44. The summed E-state index contributed by atoms with van der Waals surface area (Å²) in [5.74, 6) is 0.260. The van der Waals surface area contributed by atoms with Crippen LogP contribution in [0.15, 0.2) is 39.3 Å². The molecular weight excluding hydrogens is 332 g/mol. The van der Waals surface area contributed by atoms with E-state index in [1.165, 1.54) is 0 Å². The Morgan fingerprint density at radius 2 is 1.94 bits per heavy atom. The van der Waals surface area contributed by atoms with Crippen molar-refractivity contribution >= 4 is 43.2 Å². The van der Waals surface area contributed by atoms with E-state index >= 15 is 0 Å². The number of carbonyl (C=O) groups is 1. The molecule has 1 unspecified atom stereocenters. The zero-order valence-corrected chi connectivity index (χ0v) is 11.5. The number of hydrogen-bond donors (Lipinski definition) is 0. The van der Waals surface area contributed by atoms with Gasteiger partial charge in [0.25, 0.3) is 0 Å². The van der Waals surface area contributed by atoms with Gasteiger partial charge in [-0.15, -0.1) is 0 Å². The molecule has 0 aliphatic heterocycles. The second-order valence-electron chi connectivity index (χ2n) is 4.05. The van der Waals surface area contributed by atoms with Crippen LogP contribution in [0.5, 0.6) is 0 Å². The SMILES string of the molecule is O=C1c2cc(Br)ccc2C2=CC=C(Br)CC12. The molecule has 16 heavy (non-hydrogen) atoms. The van der Waals surface area contributed by atoms with Crippen molar-refractivity contribution in [1.29, 1.82) is 0 Å². The third-order valence-corrected chi connectivity index (χ3v) is 4.17. The van der Waals surface area contributed by atoms with Crippen LogP contribution in [0.2, 0.25) is 0 Å². The summed E-state index contributed by atoms with van der Waals surface area (Å²) in [7, 11) is 0. The molecular formula is C13H8Br2O. The van der Waals surface area contributed by atoms with Gasteiger partial charge in [0.05, 0.1) is 5.92 Å². The van der Waals surface area contributed by atoms with Gasteiger partial charge in [0.15, 0.2) is 5.78 Å². The van der Waals surface area contributed by atoms with Gasteiger partial charge in [0.1, 0.15) is 0 Å². The summed E-state index contributed by atoms with van der Waals surface area (Å²) in [5, 5.41) is 0. The van der Waals surface area contributed by atoms with Gasteiger partial charge in [-0.3, -0.25) is 4.79 Å². The van der Waals surface area contributed by atoms with Crippen molar-refractivity contribution < 1.29 is 4.79 Å². The summed E-state index contributed by atoms with van der Waals surface area (Å²) in [5.41, 5.74) is 3.10. The molecule has 0 N–H and O–H groups in total. The zero-order valence-electron chi connectivity index (χ0n) is 8.34. The molecule has 0 saturated heterocycles. The molecule has 1 nitrogen and oxygen atoms in total. The lowest BCUT2D eigenvalue weighted by molar-refractivity contribution is 0.0958. The molecule has 3 rings (SSSR count). The molecule has 0 aromatic heterocycles. The first-order valence-corrected chi connectivity index (χ1v) is 6.66. The Kier molecular flexibility index (Phi) is 2.41. The van der Waals surface area contributed by atoms with Crippen molar-refractivity contribution in [3.63, 3.8) is 0 Å². The van der Waals surface area contributed by atoms with Crippen molar-refractivity contribution in [2.45, 2.75) is 6.42 Å². The highest BCUT2D eigenvalue weighted by molar-refractivity contribution is 9.11. The van der Waals surface area contributed by atoms with Gasteiger partial charge in [-0.05, 0) is 34.2 Å². The van der Waals surface area contributed by atoms with Crippen LogP contribution in [-0.4, -0.2) is 5.78 Å². The quantitative estimate of drug-likeness (QED) is 0.687. The van der Waals surface area contributed by atoms with E-state index in [0.717, 1.165) is 32.1 Å². The second kappa shape index (κ2) is 3.67. The smallest absolute Gasteiger partial charge is 0.171 e. The molecule has 2 aliphatic carbocycles. The van der Waals surface area contributed by atoms with Crippen LogP contribution in [0.25, 0.3) is 5.57 Å². The lowest BCUT2D eigenvalue weighted by Gasteiger charge is -2.14. The second-order valence-corrected chi connectivity index (χ2v) is 5.98. The predicted molar refractivity (Wildman–Crippen MR) is 71.6 cm³/mol. The van der Waals surface area contributed by atoms with Crippen molar-refractivity contribution in [3.8, 4) is 0 Å². The molecule has 3 heteroatoms. The zero-order chi connectivity index (χ0) is 11.3. The van der Waals surface area contributed by atoms with Gasteiger partial charge < -0.3 is 0 Å². The summed E-state index contributed by atoms with van der Waals surface area (Å²) in [6.45, 7) is 0. The largest absolute Gasteiger partial charge is 0.293 e. The van der Waals surface area contributed by atoms with Gasteiger partial charge in [-0.2, -0.15) is 0 Å². The molecule has 2 aliphatic rings. The van der Waals surface area contributed by atoms with E-state index in [2.05, 4.69) is 37.9 Å². The van der Waals surface area contributed by atoms with Crippen LogP contribution in [0, 0.1) is 5.92 Å². The molecule has 80 valence electrons. The van der Waals surface area contributed by atoms with E-state index in [4.69, 9.17) is 0 Å². The van der Waals surface area contributed by atoms with Crippen LogP contribution in [0.3, 0.4) is 0 Å². The number of ketones is 1. The van der Waals surface area contributed by atoms with E-state index < -0.39 is 0 Å². The average molecular weight is 340 g/mol. The molecule has 0 fully saturated rings. The molecule has 0 heterocycles. The standard InChI is InChI=1S/C13H8Br2O/c14-7-1-3-9-10-4-2-8(15)6-12(10)13(16)11(9)5-7/h1-5,12H,6H2. The Bertz CT molecular complexity index is 555. The number of Topliss-reactive ketones (excluding diaryl/α,β-unsaturated/α-hetero) is 1. The first-order chi connectivity index (χ1) is 7.66. The fourth-order valence-corrected chi connectivity index (χ4v) is 3.16. The molecule has 0 saturated carbocycles. The number of rotatable bonds is 0. The molecule has 0 bridgehead atoms. The lowest BCUT2D eigenvalue weighted by Crippen LogP contribution is -2.09. The Balaban J connectivity index is 2.21. The van der Waals surface area contributed by atoms with E-state index in [0.29, 0.717) is 0 Å². The molecule has 1 aromatic rings. The van der Waals surface area contributed by atoms with Crippen molar-refractivity contribution in [1.82, 2.24) is 0 Å². The number of allylic oxidation sites excluding steroid dienone is 4. The average Bonchev–Trinajstić information content (AvgIpc) is 2.53. The highest BCUT2D eigenvalue weighted by atomic mass is 79.9. The minimum absolute atomic E-state index is 0.0173. The maximum absolute atomic E-state index is 12.2. The number of fused-ring (bicyclic) bond motifs is 3. The van der Waals surface area contributed by atoms with Crippen molar-refractivity contribution in [2.24, 2.45) is 5.92 Å². The number of hydrogen-bond acceptors (Lipinski definition) is 1. The fraction of sp³-hybridized carbons (Fsp3) is 0.154. The van der Waals surface area contributed by atoms with E-state index in [1.807, 2.05) is 24.3 Å². The Morgan fingerprint density at radius 1 is 1.12 bits per heavy atom. The summed E-state index contributed by atoms with van der Waals surface area (Å²) < 4.78 is 2.06. The maximum atomic E-state index is 12.2. The third-order valence-electron chi connectivity index (χ3n) is 3.09. The monoisotopic (exact) mass is 338 g/mol. The maximum Gasteiger partial charge on any atom is 0.171 e. The van der Waals surface area contributed by atoms with E-state index in [9.17, 15) is 4.79 Å². The van der Waals surface area contributed by atoms with Gasteiger partial charge in [0, 0.05) is 10.0 Å². The Labute approximate surface area is 110 Å². The molecule has 0 spiro atoms. The summed E-state index contributed by atoms with van der Waals surface area (Å²) >= 11 is 6.88. The predicted octanol–water partition coefficient (Wildman–Crippen LogP) is 4.33. The van der Waals surface area contributed by atoms with Gasteiger partial charge in [-0.1, -0.05) is 50.1 Å². The number of carbonyl (C=O) groups excluding carboxylic acids is 1. The van der Waals surface area contributed by atoms with Gasteiger partial charge in [0.2, 0.25) is 0 Å². The van der Waals surface area contributed by atoms with Crippen molar-refractivity contribution in [2.75, 3.05) is 0 Å². The molecule has 1 atom stereocenters. The first kappa shape index (κ1) is 10.5. The normalized spacial score (nSPS) is 22.4. The first-order valence-electron chi connectivity index (χ1n) is 5.07. The van der Waals surface area contributed by atoms with Crippen LogP contribution in [0.1, 0.15) is 22.3 Å². The van der Waals surface area contributed by atoms with E-state index in [1.54, 1.807) is 0 Å². The minimum atomic E-state index is 0.0173. The minimum Gasteiger partial charge on any atom is -0.293 e. The molecule has 0 amide bonds. The lowest BCUT2D eigenvalue weighted by atomic mass is 9.92. The van der Waals surface area contributed by atoms with Crippen LogP contribution < -0.4 is 0 Å². The van der Waals surface area contributed by atoms with Crippen molar-refractivity contribution in [3.05, 3.63) is 50.4 Å². The van der Waals surface area contributed by atoms with Gasteiger partial charge in [-0.25, -0.2) is 0 Å². The van der Waals surface area contributed by atoms with Gasteiger partial charge >= 0.3 is 0 Å². The van der Waals surface area contributed by atoms with Crippen LogP contribution in [0.4, 0.5) is 0 Å². The number of halogens is 2. The summed E-state index contributed by atoms with van der Waals surface area (Å²) in [6, 6.07) is 5.93. The summed E-state index contributed by atoms with van der Waals surface area (Å²) in [6.07, 6.45) is 4.88. The van der Waals surface area contributed by atoms with Crippen LogP contribution >= 0.6 is 31.9 Å². The van der Waals surface area contributed by atoms with E-state index in [-0.39, 0.29) is 11.7 Å². The highest BCUT2D eigenvalue weighted by Gasteiger charge is 2.36. The summed E-state index contributed by atoms with van der Waals surface area (Å²) in [4.78, 5) is 12.2. The molecule has 0 radical (unpaired) electrons. The third kappa shape index (κ3) is 1.45. The molecule has 1 aromatic carbocycles. The van der Waals surface area contributed by atoms with Crippen LogP contribution in [-0.2, 0) is 0 Å².